The van der Waals surface area contributed by atoms with E-state index in [4.69, 9.17) is 4.98 Å². The van der Waals surface area contributed by atoms with Crippen molar-refractivity contribution in [3.8, 4) is 11.3 Å². The van der Waals surface area contributed by atoms with E-state index in [-0.39, 0.29) is 0 Å². The van der Waals surface area contributed by atoms with Crippen molar-refractivity contribution in [1.82, 2.24) is 9.38 Å². The molecule has 0 saturated heterocycles. The molecule has 0 bridgehead atoms. The molecule has 0 unspecified atom stereocenters. The van der Waals surface area contributed by atoms with Gasteiger partial charge in [0.15, 0.2) is 0 Å². The zero-order valence-corrected chi connectivity index (χ0v) is 14.8. The van der Waals surface area contributed by atoms with Crippen LogP contribution in [0.15, 0.2) is 79.0 Å². The summed E-state index contributed by atoms with van der Waals surface area (Å²) in [5.41, 5.74) is 6.72. The first kappa shape index (κ1) is 15.0. The van der Waals surface area contributed by atoms with Crippen LogP contribution in [0.4, 0.5) is 5.69 Å². The molecule has 3 heterocycles. The van der Waals surface area contributed by atoms with Crippen LogP contribution >= 0.6 is 0 Å². The molecule has 0 aliphatic carbocycles. The van der Waals surface area contributed by atoms with Gasteiger partial charge >= 0.3 is 0 Å². The lowest BCUT2D eigenvalue weighted by Crippen LogP contribution is -2.08. The van der Waals surface area contributed by atoms with Gasteiger partial charge < -0.3 is 9.30 Å². The van der Waals surface area contributed by atoms with Gasteiger partial charge in [-0.1, -0.05) is 36.4 Å². The Morgan fingerprint density at radius 3 is 2.38 bits per heavy atom. The lowest BCUT2D eigenvalue weighted by Gasteiger charge is -2.13. The highest BCUT2D eigenvalue weighted by Gasteiger charge is 2.14. The van der Waals surface area contributed by atoms with Crippen LogP contribution in [-0.4, -0.2) is 23.5 Å². The summed E-state index contributed by atoms with van der Waals surface area (Å²) in [4.78, 5) is 7.15. The monoisotopic (exact) mass is 337 g/mol. The zero-order valence-electron chi connectivity index (χ0n) is 14.8. The van der Waals surface area contributed by atoms with Crippen molar-refractivity contribution in [1.29, 1.82) is 0 Å². The minimum Gasteiger partial charge on any atom is -0.378 e. The third-order valence-corrected chi connectivity index (χ3v) is 4.99. The van der Waals surface area contributed by atoms with Crippen molar-refractivity contribution in [2.24, 2.45) is 0 Å². The third kappa shape index (κ3) is 2.17. The maximum atomic E-state index is 5.04. The Bertz CT molecular complexity index is 1250. The fourth-order valence-electron chi connectivity index (χ4n) is 3.66. The van der Waals surface area contributed by atoms with Crippen molar-refractivity contribution in [3.63, 3.8) is 0 Å². The van der Waals surface area contributed by atoms with Crippen LogP contribution in [0.25, 0.3) is 38.6 Å². The molecule has 0 aliphatic rings. The van der Waals surface area contributed by atoms with Crippen molar-refractivity contribution >= 4 is 33.0 Å². The molecule has 5 rings (SSSR count). The van der Waals surface area contributed by atoms with E-state index in [0.29, 0.717) is 0 Å². The van der Waals surface area contributed by atoms with Gasteiger partial charge in [0.2, 0.25) is 0 Å². The van der Waals surface area contributed by atoms with Crippen LogP contribution in [0.2, 0.25) is 0 Å². The van der Waals surface area contributed by atoms with E-state index >= 15 is 0 Å². The number of nitrogens with zero attached hydrogens (tertiary/aromatic N) is 3. The second-order valence-corrected chi connectivity index (χ2v) is 6.82. The lowest BCUT2D eigenvalue weighted by atomic mass is 10.0. The van der Waals surface area contributed by atoms with Crippen LogP contribution in [0.3, 0.4) is 0 Å². The zero-order chi connectivity index (χ0) is 17.7. The van der Waals surface area contributed by atoms with Gasteiger partial charge in [-0.05, 0) is 36.4 Å². The maximum absolute atomic E-state index is 5.04. The molecule has 0 atom stereocenters. The van der Waals surface area contributed by atoms with E-state index in [1.807, 2.05) is 0 Å². The third-order valence-electron chi connectivity index (χ3n) is 4.99. The van der Waals surface area contributed by atoms with Gasteiger partial charge in [0.1, 0.15) is 0 Å². The molecule has 126 valence electrons. The molecule has 2 aromatic carbocycles. The van der Waals surface area contributed by atoms with E-state index in [1.165, 1.54) is 22.0 Å². The van der Waals surface area contributed by atoms with Crippen LogP contribution < -0.4 is 4.90 Å². The molecule has 3 aromatic heterocycles. The van der Waals surface area contributed by atoms with E-state index < -0.39 is 0 Å². The summed E-state index contributed by atoms with van der Waals surface area (Å²) in [6.45, 7) is 0. The molecule has 0 spiro atoms. The average Bonchev–Trinajstić information content (AvgIpc) is 3.07. The quantitative estimate of drug-likeness (QED) is 0.431. The van der Waals surface area contributed by atoms with Crippen molar-refractivity contribution in [2.45, 2.75) is 0 Å². The van der Waals surface area contributed by atoms with Gasteiger partial charge in [-0.2, -0.15) is 0 Å². The van der Waals surface area contributed by atoms with Gasteiger partial charge in [0.25, 0.3) is 0 Å². The van der Waals surface area contributed by atoms with E-state index in [1.54, 1.807) is 0 Å². The number of anilines is 1. The summed E-state index contributed by atoms with van der Waals surface area (Å²) >= 11 is 0. The molecular formula is C23H19N3. The average molecular weight is 337 g/mol. The first-order chi connectivity index (χ1) is 12.7. The Labute approximate surface area is 152 Å². The van der Waals surface area contributed by atoms with E-state index in [9.17, 15) is 0 Å². The molecule has 0 N–H and O–H groups in total. The van der Waals surface area contributed by atoms with E-state index in [2.05, 4.69) is 102 Å². The Morgan fingerprint density at radius 1 is 0.808 bits per heavy atom. The smallest absolute Gasteiger partial charge is 0.0956 e. The SMILES string of the molecule is CN(C)c1ccc(-c2nc3ccccc3c3cc4ccccn4c23)cc1. The molecule has 0 fully saturated rings. The first-order valence-electron chi connectivity index (χ1n) is 8.79. The second kappa shape index (κ2) is 5.60. The molecule has 0 saturated carbocycles. The molecule has 3 nitrogen and oxygen atoms in total. The minimum absolute atomic E-state index is 1.02. The largest absolute Gasteiger partial charge is 0.378 e. The molecule has 3 heteroatoms. The summed E-state index contributed by atoms with van der Waals surface area (Å²) in [6.07, 6.45) is 2.12. The van der Waals surface area contributed by atoms with E-state index in [0.717, 1.165) is 22.3 Å². The number of hydrogen-bond acceptors (Lipinski definition) is 2. The molecule has 0 aliphatic heterocycles. The standard InChI is InChI=1S/C23H19N3/c1-25(2)17-12-10-16(11-13-17)22-23-20(15-18-7-5-6-14-26(18)23)19-8-3-4-9-21(19)24-22/h3-15H,1-2H3. The number of rotatable bonds is 2. The fourth-order valence-corrected chi connectivity index (χ4v) is 3.66. The Balaban J connectivity index is 1.90. The van der Waals surface area contributed by atoms with Gasteiger partial charge in [0.05, 0.1) is 16.7 Å². The van der Waals surface area contributed by atoms with Gasteiger partial charge in [-0.3, -0.25) is 0 Å². The normalized spacial score (nSPS) is 11.5. The number of aromatic nitrogens is 2. The lowest BCUT2D eigenvalue weighted by molar-refractivity contribution is 1.13. The molecule has 0 radical (unpaired) electrons. The first-order valence-corrected chi connectivity index (χ1v) is 8.79. The number of fused-ring (bicyclic) bond motifs is 5. The summed E-state index contributed by atoms with van der Waals surface area (Å²) in [6, 6.07) is 25.6. The maximum Gasteiger partial charge on any atom is 0.0956 e. The topological polar surface area (TPSA) is 20.5 Å². The number of hydrogen-bond donors (Lipinski definition) is 0. The van der Waals surface area contributed by atoms with Gasteiger partial charge in [-0.25, -0.2) is 4.98 Å². The Kier molecular flexibility index (Phi) is 3.22. The van der Waals surface area contributed by atoms with Crippen molar-refractivity contribution < 1.29 is 0 Å². The number of pyridine rings is 2. The summed E-state index contributed by atoms with van der Waals surface area (Å²) < 4.78 is 2.24. The predicted octanol–water partition coefficient (Wildman–Crippen LogP) is 5.37. The molecule has 0 amide bonds. The minimum atomic E-state index is 1.02. The highest BCUT2D eigenvalue weighted by atomic mass is 15.1. The number of para-hydroxylation sites is 1. The van der Waals surface area contributed by atoms with Crippen LogP contribution in [0.1, 0.15) is 0 Å². The highest BCUT2D eigenvalue weighted by molar-refractivity contribution is 6.12. The summed E-state index contributed by atoms with van der Waals surface area (Å²) in [5, 5.41) is 2.44. The molecule has 5 aromatic rings. The Hall–Kier alpha value is -3.33. The van der Waals surface area contributed by atoms with Gasteiger partial charge in [-0.15, -0.1) is 0 Å². The molecule has 26 heavy (non-hydrogen) atoms. The van der Waals surface area contributed by atoms with Gasteiger partial charge in [0, 0.05) is 47.8 Å². The highest BCUT2D eigenvalue weighted by Crippen LogP contribution is 2.35. The molecular weight excluding hydrogens is 318 g/mol. The second-order valence-electron chi connectivity index (χ2n) is 6.82. The van der Waals surface area contributed by atoms with Crippen LogP contribution in [-0.2, 0) is 0 Å². The number of benzene rings is 2. The predicted molar refractivity (Wildman–Crippen MR) is 110 cm³/mol. The fraction of sp³-hybridized carbons (Fsp3) is 0.0870. The summed E-state index contributed by atoms with van der Waals surface area (Å²) in [5.74, 6) is 0. The van der Waals surface area contributed by atoms with Crippen molar-refractivity contribution in [2.75, 3.05) is 19.0 Å². The van der Waals surface area contributed by atoms with Crippen LogP contribution in [0, 0.1) is 0 Å². The summed E-state index contributed by atoms with van der Waals surface area (Å²) in [7, 11) is 4.12. The Morgan fingerprint density at radius 2 is 1.58 bits per heavy atom. The van der Waals surface area contributed by atoms with Crippen LogP contribution in [0.5, 0.6) is 0 Å². The van der Waals surface area contributed by atoms with Crippen molar-refractivity contribution in [3.05, 3.63) is 79.0 Å².